The molecule has 0 amide bonds. The molecular weight excluding hydrogens is 228 g/mol. The fourth-order valence-electron chi connectivity index (χ4n) is 2.29. The third-order valence-electron chi connectivity index (χ3n) is 3.20. The molecule has 3 heteroatoms. The normalized spacial score (nSPS) is 18.8. The van der Waals surface area contributed by atoms with Crippen molar-refractivity contribution < 1.29 is 14.6 Å². The second-order valence-corrected chi connectivity index (χ2v) is 5.04. The predicted octanol–water partition coefficient (Wildman–Crippen LogP) is 2.86. The lowest BCUT2D eigenvalue weighted by molar-refractivity contribution is 0.0551. The summed E-state index contributed by atoms with van der Waals surface area (Å²) in [4.78, 5) is 0. The molecule has 0 bridgehead atoms. The number of aliphatic hydroxyl groups is 1. The first-order valence-electron chi connectivity index (χ1n) is 6.72. The van der Waals surface area contributed by atoms with Crippen LogP contribution in [0.2, 0.25) is 0 Å². The molecular formula is C15H22O3. The first-order chi connectivity index (χ1) is 8.66. The van der Waals surface area contributed by atoms with E-state index in [0.29, 0.717) is 13.2 Å². The van der Waals surface area contributed by atoms with E-state index in [0.717, 1.165) is 30.6 Å². The number of benzene rings is 1. The second-order valence-electron chi connectivity index (χ2n) is 5.04. The molecule has 1 atom stereocenters. The van der Waals surface area contributed by atoms with E-state index < -0.39 is 0 Å². The molecule has 3 nitrogen and oxygen atoms in total. The number of ether oxygens (including phenoxy) is 2. The quantitative estimate of drug-likeness (QED) is 0.817. The molecule has 0 radical (unpaired) electrons. The lowest BCUT2D eigenvalue weighted by Crippen LogP contribution is -2.12. The Bertz CT molecular complexity index is 387. The van der Waals surface area contributed by atoms with Crippen molar-refractivity contribution in [2.45, 2.75) is 45.3 Å². The van der Waals surface area contributed by atoms with E-state index in [2.05, 4.69) is 6.07 Å². The topological polar surface area (TPSA) is 38.7 Å². The molecule has 0 spiro atoms. The maximum Gasteiger partial charge on any atom is 0.119 e. The highest BCUT2D eigenvalue weighted by Crippen LogP contribution is 2.32. The Kier molecular flexibility index (Phi) is 4.61. The zero-order valence-corrected chi connectivity index (χ0v) is 11.2. The van der Waals surface area contributed by atoms with Crippen molar-refractivity contribution in [2.75, 3.05) is 13.2 Å². The molecule has 0 unspecified atom stereocenters. The summed E-state index contributed by atoms with van der Waals surface area (Å²) >= 11 is 0. The van der Waals surface area contributed by atoms with Gasteiger partial charge in [0, 0.05) is 0 Å². The van der Waals surface area contributed by atoms with Crippen LogP contribution in [0.25, 0.3) is 0 Å². The van der Waals surface area contributed by atoms with E-state index >= 15 is 0 Å². The molecule has 1 aliphatic carbocycles. The summed E-state index contributed by atoms with van der Waals surface area (Å²) in [7, 11) is 0. The van der Waals surface area contributed by atoms with Gasteiger partial charge in [-0.2, -0.15) is 0 Å². The van der Waals surface area contributed by atoms with Gasteiger partial charge in [-0.15, -0.1) is 0 Å². The van der Waals surface area contributed by atoms with Crippen LogP contribution < -0.4 is 4.74 Å². The second kappa shape index (κ2) is 6.21. The molecule has 0 saturated heterocycles. The van der Waals surface area contributed by atoms with Gasteiger partial charge in [-0.05, 0) is 56.4 Å². The van der Waals surface area contributed by atoms with Crippen LogP contribution in [0.1, 0.15) is 43.9 Å². The van der Waals surface area contributed by atoms with Crippen LogP contribution in [0, 0.1) is 0 Å². The van der Waals surface area contributed by atoms with Crippen LogP contribution in [-0.2, 0) is 11.2 Å². The van der Waals surface area contributed by atoms with Crippen molar-refractivity contribution in [1.29, 1.82) is 0 Å². The minimum atomic E-state index is -0.329. The zero-order chi connectivity index (χ0) is 13.0. The average Bonchev–Trinajstić information content (AvgIpc) is 2.35. The summed E-state index contributed by atoms with van der Waals surface area (Å²) in [6.07, 6.45) is 2.88. The lowest BCUT2D eigenvalue weighted by Gasteiger charge is -2.22. The van der Waals surface area contributed by atoms with Gasteiger partial charge in [-0.1, -0.05) is 6.07 Å². The Labute approximate surface area is 109 Å². The van der Waals surface area contributed by atoms with E-state index in [-0.39, 0.29) is 12.2 Å². The van der Waals surface area contributed by atoms with Gasteiger partial charge in [0.15, 0.2) is 0 Å². The van der Waals surface area contributed by atoms with Gasteiger partial charge in [0.25, 0.3) is 0 Å². The van der Waals surface area contributed by atoms with Crippen LogP contribution in [-0.4, -0.2) is 24.4 Å². The van der Waals surface area contributed by atoms with Gasteiger partial charge in [0.1, 0.15) is 12.4 Å². The molecule has 0 heterocycles. The highest BCUT2D eigenvalue weighted by molar-refractivity contribution is 5.38. The lowest BCUT2D eigenvalue weighted by atomic mass is 9.89. The molecule has 0 aliphatic heterocycles. The molecule has 1 aromatic carbocycles. The minimum absolute atomic E-state index is 0.235. The van der Waals surface area contributed by atoms with Gasteiger partial charge in [0.05, 0.1) is 18.8 Å². The smallest absolute Gasteiger partial charge is 0.119 e. The van der Waals surface area contributed by atoms with Crippen molar-refractivity contribution in [3.8, 4) is 5.75 Å². The molecule has 1 aromatic rings. The number of fused-ring (bicyclic) bond motifs is 1. The highest BCUT2D eigenvalue weighted by atomic mass is 16.5. The summed E-state index contributed by atoms with van der Waals surface area (Å²) in [6.45, 7) is 5.16. The molecule has 1 aliphatic rings. The summed E-state index contributed by atoms with van der Waals surface area (Å²) in [5.41, 5.74) is 2.28. The van der Waals surface area contributed by atoms with E-state index in [1.54, 1.807) is 0 Å². The van der Waals surface area contributed by atoms with E-state index in [4.69, 9.17) is 9.47 Å². The third kappa shape index (κ3) is 3.47. The maximum absolute atomic E-state index is 9.95. The SMILES string of the molecule is CC(C)OCCOc1ccc2c(c1)[C@H](O)CCC2. The van der Waals surface area contributed by atoms with Crippen LogP contribution in [0.3, 0.4) is 0 Å². The molecule has 2 rings (SSSR count). The fraction of sp³-hybridized carbons (Fsp3) is 0.600. The Morgan fingerprint density at radius 2 is 2.17 bits per heavy atom. The number of aryl methyl sites for hydroxylation is 1. The fourth-order valence-corrected chi connectivity index (χ4v) is 2.29. The van der Waals surface area contributed by atoms with Crippen molar-refractivity contribution in [3.05, 3.63) is 29.3 Å². The minimum Gasteiger partial charge on any atom is -0.491 e. The Hall–Kier alpha value is -1.06. The van der Waals surface area contributed by atoms with Gasteiger partial charge in [-0.25, -0.2) is 0 Å². The van der Waals surface area contributed by atoms with E-state index in [1.807, 2.05) is 26.0 Å². The van der Waals surface area contributed by atoms with Crippen molar-refractivity contribution in [3.63, 3.8) is 0 Å². The van der Waals surface area contributed by atoms with Crippen LogP contribution in [0.4, 0.5) is 0 Å². The van der Waals surface area contributed by atoms with Crippen molar-refractivity contribution in [1.82, 2.24) is 0 Å². The van der Waals surface area contributed by atoms with Crippen LogP contribution in [0.15, 0.2) is 18.2 Å². The van der Waals surface area contributed by atoms with Gasteiger partial charge in [0.2, 0.25) is 0 Å². The maximum atomic E-state index is 9.95. The number of rotatable bonds is 5. The highest BCUT2D eigenvalue weighted by Gasteiger charge is 2.18. The molecule has 0 aromatic heterocycles. The molecule has 100 valence electrons. The summed E-state index contributed by atoms with van der Waals surface area (Å²) in [5.74, 6) is 0.821. The molecule has 18 heavy (non-hydrogen) atoms. The summed E-state index contributed by atoms with van der Waals surface area (Å²) in [5, 5.41) is 9.95. The third-order valence-corrected chi connectivity index (χ3v) is 3.20. The summed E-state index contributed by atoms with van der Waals surface area (Å²) in [6, 6.07) is 6.01. The molecule has 1 N–H and O–H groups in total. The largest absolute Gasteiger partial charge is 0.491 e. The number of hydrogen-bond donors (Lipinski definition) is 1. The number of aliphatic hydroxyl groups excluding tert-OH is 1. The summed E-state index contributed by atoms with van der Waals surface area (Å²) < 4.78 is 11.1. The van der Waals surface area contributed by atoms with Crippen LogP contribution >= 0.6 is 0 Å². The van der Waals surface area contributed by atoms with Crippen LogP contribution in [0.5, 0.6) is 5.75 Å². The Morgan fingerprint density at radius 1 is 1.33 bits per heavy atom. The Balaban J connectivity index is 1.92. The standard InChI is InChI=1S/C15H22O3/c1-11(2)17-8-9-18-13-7-6-12-4-3-5-15(16)14(12)10-13/h6-7,10-11,15-16H,3-5,8-9H2,1-2H3/t15-/m1/s1. The predicted molar refractivity (Wildman–Crippen MR) is 70.9 cm³/mol. The van der Waals surface area contributed by atoms with Gasteiger partial charge in [-0.3, -0.25) is 0 Å². The van der Waals surface area contributed by atoms with E-state index in [9.17, 15) is 5.11 Å². The molecule has 0 saturated carbocycles. The number of hydrogen-bond acceptors (Lipinski definition) is 3. The monoisotopic (exact) mass is 250 g/mol. The van der Waals surface area contributed by atoms with Gasteiger partial charge < -0.3 is 14.6 Å². The van der Waals surface area contributed by atoms with Crippen molar-refractivity contribution in [2.24, 2.45) is 0 Å². The van der Waals surface area contributed by atoms with Gasteiger partial charge >= 0.3 is 0 Å². The first-order valence-corrected chi connectivity index (χ1v) is 6.72. The zero-order valence-electron chi connectivity index (χ0n) is 11.2. The average molecular weight is 250 g/mol. The van der Waals surface area contributed by atoms with E-state index in [1.165, 1.54) is 5.56 Å². The van der Waals surface area contributed by atoms with Crippen molar-refractivity contribution >= 4 is 0 Å². The first kappa shape index (κ1) is 13.4. The Morgan fingerprint density at radius 3 is 2.94 bits per heavy atom. The molecule has 0 fully saturated rings.